The molecule has 1 amide bonds. The van der Waals surface area contributed by atoms with Crippen LogP contribution < -0.4 is 28.6 Å². The Bertz CT molecular complexity index is 1300. The number of aryl methyl sites for hydroxylation is 1. The lowest BCUT2D eigenvalue weighted by Crippen LogP contribution is -2.41. The summed E-state index contributed by atoms with van der Waals surface area (Å²) in [5, 5.41) is 2.82. The minimum Gasteiger partial charge on any atom is -0.493 e. The number of carbonyl (C=O) groups is 1. The maximum Gasteiger partial charge on any atom is 0.264 e. The van der Waals surface area contributed by atoms with Gasteiger partial charge in [-0.15, -0.1) is 0 Å². The molecule has 3 rings (SSSR count). The van der Waals surface area contributed by atoms with E-state index in [2.05, 4.69) is 5.32 Å². The molecule has 0 spiro atoms. The quantitative estimate of drug-likeness (QED) is 0.338. The number of nitrogens with one attached hydrogen (secondary N) is 1. The summed E-state index contributed by atoms with van der Waals surface area (Å²) in [5.41, 5.74) is 1.31. The summed E-state index contributed by atoms with van der Waals surface area (Å²) in [6.45, 7) is -0.0264. The molecule has 0 radical (unpaired) electrons. The molecule has 10 heteroatoms. The average molecular weight is 529 g/mol. The van der Waals surface area contributed by atoms with E-state index in [0.717, 1.165) is 9.87 Å². The molecule has 1 N–H and O–H groups in total. The van der Waals surface area contributed by atoms with Crippen LogP contribution in [0.4, 0.5) is 5.69 Å². The molecule has 0 fully saturated rings. The van der Waals surface area contributed by atoms with Crippen molar-refractivity contribution in [3.05, 3.63) is 72.3 Å². The van der Waals surface area contributed by atoms with E-state index < -0.39 is 22.5 Å². The third kappa shape index (κ3) is 6.85. The molecule has 37 heavy (non-hydrogen) atoms. The maximum absolute atomic E-state index is 13.5. The van der Waals surface area contributed by atoms with E-state index in [1.54, 1.807) is 44.6 Å². The molecule has 0 atom stereocenters. The van der Waals surface area contributed by atoms with Crippen molar-refractivity contribution in [2.45, 2.75) is 17.7 Å². The summed E-state index contributed by atoms with van der Waals surface area (Å²) in [6, 6.07) is 18.3. The van der Waals surface area contributed by atoms with Crippen molar-refractivity contribution in [3.63, 3.8) is 0 Å². The number of hydrogen-bond acceptors (Lipinski definition) is 7. The monoisotopic (exact) mass is 528 g/mol. The Labute approximate surface area is 218 Å². The van der Waals surface area contributed by atoms with Gasteiger partial charge in [0.1, 0.15) is 6.54 Å². The highest BCUT2D eigenvalue weighted by Gasteiger charge is 2.28. The fraction of sp³-hybridized carbons (Fsp3) is 0.296. The molecule has 198 valence electrons. The Morgan fingerprint density at radius 3 is 2.00 bits per heavy atom. The number of amides is 1. The van der Waals surface area contributed by atoms with Crippen molar-refractivity contribution < 1.29 is 32.2 Å². The standard InChI is InChI=1S/C27H32N2O7S/c1-33-23-14-12-20(17-25(23)35-3)9-8-16-28-27(30)19-29(37(31,32)22-10-6-5-7-11-22)21-13-15-24(34-2)26(18-21)36-4/h5-7,10-15,17-18H,8-9,16,19H2,1-4H3,(H,28,30). The summed E-state index contributed by atoms with van der Waals surface area (Å²) in [6.07, 6.45) is 1.35. The van der Waals surface area contributed by atoms with Gasteiger partial charge in [-0.3, -0.25) is 9.10 Å². The molecule has 3 aromatic carbocycles. The number of carbonyl (C=O) groups excluding carboxylic acids is 1. The first-order valence-corrected chi connectivity index (χ1v) is 13.1. The maximum atomic E-state index is 13.5. The molecule has 0 aliphatic carbocycles. The van der Waals surface area contributed by atoms with Crippen LogP contribution in [0.5, 0.6) is 23.0 Å². The Hall–Kier alpha value is -3.92. The predicted molar refractivity (Wildman–Crippen MR) is 141 cm³/mol. The highest BCUT2D eigenvalue weighted by Crippen LogP contribution is 2.33. The van der Waals surface area contributed by atoms with Crippen molar-refractivity contribution in [2.75, 3.05) is 45.8 Å². The first kappa shape index (κ1) is 27.7. The van der Waals surface area contributed by atoms with E-state index >= 15 is 0 Å². The largest absolute Gasteiger partial charge is 0.493 e. The van der Waals surface area contributed by atoms with Crippen molar-refractivity contribution in [3.8, 4) is 23.0 Å². The van der Waals surface area contributed by atoms with Gasteiger partial charge in [0.15, 0.2) is 23.0 Å². The molecular weight excluding hydrogens is 496 g/mol. The van der Waals surface area contributed by atoms with E-state index in [9.17, 15) is 13.2 Å². The van der Waals surface area contributed by atoms with Crippen molar-refractivity contribution in [1.29, 1.82) is 0 Å². The molecule has 0 aliphatic rings. The van der Waals surface area contributed by atoms with E-state index in [1.807, 2.05) is 18.2 Å². The Morgan fingerprint density at radius 1 is 0.784 bits per heavy atom. The highest BCUT2D eigenvalue weighted by atomic mass is 32.2. The number of nitrogens with zero attached hydrogens (tertiary/aromatic N) is 1. The fourth-order valence-electron chi connectivity index (χ4n) is 3.76. The summed E-state index contributed by atoms with van der Waals surface area (Å²) < 4.78 is 49.3. The number of benzene rings is 3. The van der Waals surface area contributed by atoms with Gasteiger partial charge in [-0.25, -0.2) is 8.42 Å². The van der Waals surface area contributed by atoms with Crippen LogP contribution in [0, 0.1) is 0 Å². The van der Waals surface area contributed by atoms with Crippen molar-refractivity contribution in [1.82, 2.24) is 5.32 Å². The molecule has 0 aliphatic heterocycles. The Balaban J connectivity index is 1.73. The number of hydrogen-bond donors (Lipinski definition) is 1. The topological polar surface area (TPSA) is 103 Å². The lowest BCUT2D eigenvalue weighted by molar-refractivity contribution is -0.119. The second kappa shape index (κ2) is 12.9. The summed E-state index contributed by atoms with van der Waals surface area (Å²) in [7, 11) is 2.08. The zero-order chi connectivity index (χ0) is 26.8. The van der Waals surface area contributed by atoms with Crippen LogP contribution in [0.2, 0.25) is 0 Å². The van der Waals surface area contributed by atoms with Gasteiger partial charge in [0, 0.05) is 12.6 Å². The van der Waals surface area contributed by atoms with Crippen molar-refractivity contribution >= 4 is 21.6 Å². The van der Waals surface area contributed by atoms with E-state index in [4.69, 9.17) is 18.9 Å². The van der Waals surface area contributed by atoms with Crippen LogP contribution in [0.1, 0.15) is 12.0 Å². The van der Waals surface area contributed by atoms with Crippen LogP contribution in [0.3, 0.4) is 0 Å². The van der Waals surface area contributed by atoms with Crippen LogP contribution in [0.25, 0.3) is 0 Å². The molecule has 0 saturated heterocycles. The van der Waals surface area contributed by atoms with Gasteiger partial charge in [0.05, 0.1) is 39.0 Å². The molecule has 0 heterocycles. The van der Waals surface area contributed by atoms with Gasteiger partial charge in [0.2, 0.25) is 5.91 Å². The minimum absolute atomic E-state index is 0.0750. The van der Waals surface area contributed by atoms with Gasteiger partial charge < -0.3 is 24.3 Å². The number of methoxy groups -OCH3 is 4. The summed E-state index contributed by atoms with van der Waals surface area (Å²) in [5.74, 6) is 1.66. The molecule has 9 nitrogen and oxygen atoms in total. The zero-order valence-electron chi connectivity index (χ0n) is 21.4. The van der Waals surface area contributed by atoms with Crippen LogP contribution in [-0.4, -0.2) is 55.9 Å². The van der Waals surface area contributed by atoms with Crippen LogP contribution in [0.15, 0.2) is 71.6 Å². The van der Waals surface area contributed by atoms with Gasteiger partial charge in [-0.05, 0) is 54.8 Å². The van der Waals surface area contributed by atoms with Gasteiger partial charge >= 0.3 is 0 Å². The predicted octanol–water partition coefficient (Wildman–Crippen LogP) is 3.67. The van der Waals surface area contributed by atoms with Crippen LogP contribution in [-0.2, 0) is 21.2 Å². The molecule has 3 aromatic rings. The van der Waals surface area contributed by atoms with Crippen LogP contribution >= 0.6 is 0 Å². The summed E-state index contributed by atoms with van der Waals surface area (Å²) in [4.78, 5) is 12.9. The van der Waals surface area contributed by atoms with E-state index in [0.29, 0.717) is 42.4 Å². The summed E-state index contributed by atoms with van der Waals surface area (Å²) >= 11 is 0. The molecule has 0 unspecified atom stereocenters. The van der Waals surface area contributed by atoms with Gasteiger partial charge in [-0.1, -0.05) is 24.3 Å². The zero-order valence-corrected chi connectivity index (χ0v) is 22.2. The normalized spacial score (nSPS) is 10.9. The second-order valence-electron chi connectivity index (χ2n) is 8.01. The number of ether oxygens (including phenoxy) is 4. The number of anilines is 1. The Morgan fingerprint density at radius 2 is 1.38 bits per heavy atom. The van der Waals surface area contributed by atoms with Gasteiger partial charge in [-0.2, -0.15) is 0 Å². The van der Waals surface area contributed by atoms with E-state index in [-0.39, 0.29) is 10.6 Å². The third-order valence-electron chi connectivity index (χ3n) is 5.69. The minimum atomic E-state index is -4.03. The third-order valence-corrected chi connectivity index (χ3v) is 7.47. The number of sulfonamides is 1. The SMILES string of the molecule is COc1ccc(CCCNC(=O)CN(c2ccc(OC)c(OC)c2)S(=O)(=O)c2ccccc2)cc1OC. The molecular formula is C27H32N2O7S. The smallest absolute Gasteiger partial charge is 0.264 e. The molecule has 0 aromatic heterocycles. The lowest BCUT2D eigenvalue weighted by atomic mass is 10.1. The number of rotatable bonds is 13. The molecule has 0 saturated carbocycles. The lowest BCUT2D eigenvalue weighted by Gasteiger charge is -2.25. The highest BCUT2D eigenvalue weighted by molar-refractivity contribution is 7.92. The average Bonchev–Trinajstić information content (AvgIpc) is 2.93. The van der Waals surface area contributed by atoms with Crippen molar-refractivity contribution in [2.24, 2.45) is 0 Å². The molecule has 0 bridgehead atoms. The first-order chi connectivity index (χ1) is 17.8. The van der Waals surface area contributed by atoms with E-state index in [1.165, 1.54) is 32.4 Å². The van der Waals surface area contributed by atoms with Gasteiger partial charge in [0.25, 0.3) is 10.0 Å². The first-order valence-electron chi connectivity index (χ1n) is 11.6. The second-order valence-corrected chi connectivity index (χ2v) is 9.87. The fourth-order valence-corrected chi connectivity index (χ4v) is 5.19. The Kier molecular flexibility index (Phi) is 9.62.